The van der Waals surface area contributed by atoms with Crippen molar-refractivity contribution >= 4 is 33.3 Å². The zero-order valence-electron chi connectivity index (χ0n) is 19.4. The molecule has 4 rings (SSSR count). The maximum atomic E-state index is 13.2. The monoisotopic (exact) mass is 505 g/mol. The van der Waals surface area contributed by atoms with Crippen LogP contribution in [-0.2, 0) is 16.6 Å². The number of alkyl halides is 1. The molecule has 1 saturated heterocycles. The van der Waals surface area contributed by atoms with Gasteiger partial charge in [0, 0.05) is 62.2 Å². The zero-order chi connectivity index (χ0) is 24.1. The largest absolute Gasteiger partial charge is 0.334 e. The molecule has 1 aromatic heterocycles. The number of nitrogens with zero attached hydrogens (tertiary/aromatic N) is 3. The van der Waals surface area contributed by atoms with E-state index >= 15 is 0 Å². The first-order chi connectivity index (χ1) is 16.3. The summed E-state index contributed by atoms with van der Waals surface area (Å²) >= 11 is 6.40. The Bertz CT molecular complexity index is 1060. The van der Waals surface area contributed by atoms with Gasteiger partial charge in [-0.15, -0.1) is 11.6 Å². The van der Waals surface area contributed by atoms with Crippen LogP contribution >= 0.6 is 11.6 Å². The maximum absolute atomic E-state index is 13.2. The highest BCUT2D eigenvalue weighted by Gasteiger charge is 2.35. The van der Waals surface area contributed by atoms with Gasteiger partial charge < -0.3 is 10.6 Å². The first-order valence-electron chi connectivity index (χ1n) is 11.7. The molecule has 2 fully saturated rings. The van der Waals surface area contributed by atoms with Crippen LogP contribution in [0, 0.1) is 5.92 Å². The van der Waals surface area contributed by atoms with E-state index in [0.717, 1.165) is 24.8 Å². The summed E-state index contributed by atoms with van der Waals surface area (Å²) in [7, 11) is -3.59. The van der Waals surface area contributed by atoms with Gasteiger partial charge in [-0.05, 0) is 61.1 Å². The maximum Gasteiger partial charge on any atom is 0.319 e. The number of carbonyl (C=O) groups is 1. The third-order valence-corrected chi connectivity index (χ3v) is 9.07. The van der Waals surface area contributed by atoms with E-state index in [2.05, 4.69) is 27.4 Å². The Hall–Kier alpha value is -2.20. The minimum atomic E-state index is -3.59. The fraction of sp³-hybridized carbons (Fsp3) is 0.500. The molecule has 1 aliphatic heterocycles. The van der Waals surface area contributed by atoms with Crippen molar-refractivity contribution in [3.63, 3.8) is 0 Å². The molecule has 2 amide bonds. The Kier molecular flexibility index (Phi) is 8.08. The van der Waals surface area contributed by atoms with E-state index in [0.29, 0.717) is 50.4 Å². The molecular formula is C24H32ClN5O3S. The second kappa shape index (κ2) is 11.0. The minimum absolute atomic E-state index is 0.215. The zero-order valence-corrected chi connectivity index (χ0v) is 20.9. The van der Waals surface area contributed by atoms with Gasteiger partial charge >= 0.3 is 6.03 Å². The smallest absolute Gasteiger partial charge is 0.319 e. The summed E-state index contributed by atoms with van der Waals surface area (Å²) in [4.78, 5) is 18.8. The van der Waals surface area contributed by atoms with Gasteiger partial charge in [0.15, 0.2) is 0 Å². The van der Waals surface area contributed by atoms with Crippen LogP contribution in [0.5, 0.6) is 0 Å². The molecule has 2 aromatic rings. The number of sulfonamides is 1. The highest BCUT2D eigenvalue weighted by molar-refractivity contribution is 7.89. The standard InChI is InChI=1S/C24H32ClN5O3S/c1-18-4-5-20(25)15-23(18)29-11-13-30(14-12-29)34(32,33)22-8-6-21(7-9-22)28-24(31)27-17-19-3-2-10-26-16-19/h2-3,6-10,16,18,20,23H,4-5,11-15,17H2,1H3,(H2,27,28,31). The van der Waals surface area contributed by atoms with Crippen molar-refractivity contribution < 1.29 is 13.2 Å². The molecule has 3 unspecified atom stereocenters. The van der Waals surface area contributed by atoms with Crippen LogP contribution < -0.4 is 10.6 Å². The number of pyridine rings is 1. The normalized spacial score (nSPS) is 24.5. The van der Waals surface area contributed by atoms with Crippen molar-refractivity contribution in [1.29, 1.82) is 0 Å². The number of nitrogens with one attached hydrogen (secondary N) is 2. The molecule has 1 saturated carbocycles. The number of hydrogen-bond acceptors (Lipinski definition) is 5. The number of halogens is 1. The van der Waals surface area contributed by atoms with Crippen molar-refractivity contribution in [1.82, 2.24) is 19.5 Å². The van der Waals surface area contributed by atoms with Gasteiger partial charge in [0.05, 0.1) is 4.90 Å². The number of aromatic nitrogens is 1. The number of piperazine rings is 1. The predicted molar refractivity (Wildman–Crippen MR) is 133 cm³/mol. The topological polar surface area (TPSA) is 94.6 Å². The fourth-order valence-electron chi connectivity index (χ4n) is 4.75. The molecule has 1 aromatic carbocycles. The molecule has 2 aliphatic rings. The molecule has 10 heteroatoms. The highest BCUT2D eigenvalue weighted by atomic mass is 35.5. The SMILES string of the molecule is CC1CCC(Cl)CC1N1CCN(S(=O)(=O)c2ccc(NC(=O)NCc3cccnc3)cc2)CC1. The lowest BCUT2D eigenvalue weighted by Crippen LogP contribution is -2.54. The second-order valence-electron chi connectivity index (χ2n) is 9.09. The molecule has 2 N–H and O–H groups in total. The van der Waals surface area contributed by atoms with Crippen molar-refractivity contribution in [2.45, 2.75) is 49.0 Å². The predicted octanol–water partition coefficient (Wildman–Crippen LogP) is 3.51. The van der Waals surface area contributed by atoms with Crippen molar-refractivity contribution in [3.8, 4) is 0 Å². The van der Waals surface area contributed by atoms with E-state index in [-0.39, 0.29) is 16.3 Å². The van der Waals surface area contributed by atoms with Crippen LogP contribution in [-0.4, -0.2) is 66.2 Å². The molecule has 0 spiro atoms. The number of hydrogen-bond donors (Lipinski definition) is 2. The van der Waals surface area contributed by atoms with Crippen LogP contribution in [0.4, 0.5) is 10.5 Å². The van der Waals surface area contributed by atoms with Crippen LogP contribution in [0.1, 0.15) is 31.7 Å². The number of rotatable bonds is 6. The summed E-state index contributed by atoms with van der Waals surface area (Å²) in [6.45, 7) is 4.99. The van der Waals surface area contributed by atoms with Gasteiger partial charge in [0.1, 0.15) is 0 Å². The van der Waals surface area contributed by atoms with Crippen LogP contribution in [0.2, 0.25) is 0 Å². The summed E-state index contributed by atoms with van der Waals surface area (Å²) in [6, 6.07) is 10.0. The molecule has 0 bridgehead atoms. The fourth-order valence-corrected chi connectivity index (χ4v) is 6.48. The van der Waals surface area contributed by atoms with Crippen LogP contribution in [0.3, 0.4) is 0 Å². The van der Waals surface area contributed by atoms with Crippen molar-refractivity contribution in [3.05, 3.63) is 54.4 Å². The molecule has 34 heavy (non-hydrogen) atoms. The number of benzene rings is 1. The number of urea groups is 1. The number of amides is 2. The molecule has 3 atom stereocenters. The average Bonchev–Trinajstić information content (AvgIpc) is 2.85. The first kappa shape index (κ1) is 24.9. The molecular weight excluding hydrogens is 474 g/mol. The lowest BCUT2D eigenvalue weighted by molar-refractivity contribution is 0.0798. The summed E-state index contributed by atoms with van der Waals surface area (Å²) < 4.78 is 27.9. The molecule has 2 heterocycles. The Morgan fingerprint density at radius 1 is 1.12 bits per heavy atom. The van der Waals surface area contributed by atoms with E-state index in [9.17, 15) is 13.2 Å². The van der Waals surface area contributed by atoms with Gasteiger partial charge in [-0.3, -0.25) is 9.88 Å². The molecule has 184 valence electrons. The average molecular weight is 506 g/mol. The van der Waals surface area contributed by atoms with Crippen molar-refractivity contribution in [2.24, 2.45) is 5.92 Å². The Balaban J connectivity index is 1.30. The summed E-state index contributed by atoms with van der Waals surface area (Å²) in [5.41, 5.74) is 1.41. The van der Waals surface area contributed by atoms with Gasteiger partial charge in [0.2, 0.25) is 10.0 Å². The molecule has 0 radical (unpaired) electrons. The van der Waals surface area contributed by atoms with Gasteiger partial charge in [0.25, 0.3) is 0 Å². The summed E-state index contributed by atoms with van der Waals surface area (Å²) in [5, 5.41) is 5.69. The summed E-state index contributed by atoms with van der Waals surface area (Å²) in [6.07, 6.45) is 6.51. The number of anilines is 1. The van der Waals surface area contributed by atoms with Crippen molar-refractivity contribution in [2.75, 3.05) is 31.5 Å². The quantitative estimate of drug-likeness (QED) is 0.586. The lowest BCUT2D eigenvalue weighted by Gasteiger charge is -2.44. The lowest BCUT2D eigenvalue weighted by atomic mass is 9.84. The molecule has 8 nitrogen and oxygen atoms in total. The van der Waals surface area contributed by atoms with E-state index in [1.54, 1.807) is 47.0 Å². The highest BCUT2D eigenvalue weighted by Crippen LogP contribution is 2.32. The van der Waals surface area contributed by atoms with Crippen LogP contribution in [0.15, 0.2) is 53.7 Å². The van der Waals surface area contributed by atoms with Crippen LogP contribution in [0.25, 0.3) is 0 Å². The first-order valence-corrected chi connectivity index (χ1v) is 13.6. The molecule has 1 aliphatic carbocycles. The van der Waals surface area contributed by atoms with Gasteiger partial charge in [-0.25, -0.2) is 13.2 Å². The Morgan fingerprint density at radius 3 is 2.53 bits per heavy atom. The van der Waals surface area contributed by atoms with E-state index in [4.69, 9.17) is 11.6 Å². The third-order valence-electron chi connectivity index (χ3n) is 6.76. The Morgan fingerprint density at radius 2 is 1.85 bits per heavy atom. The third kappa shape index (κ3) is 6.07. The van der Waals surface area contributed by atoms with E-state index < -0.39 is 10.0 Å². The van der Waals surface area contributed by atoms with Gasteiger partial charge in [-0.2, -0.15) is 4.31 Å². The van der Waals surface area contributed by atoms with Gasteiger partial charge in [-0.1, -0.05) is 13.0 Å². The minimum Gasteiger partial charge on any atom is -0.334 e. The number of carbonyl (C=O) groups excluding carboxylic acids is 1. The second-order valence-corrected chi connectivity index (χ2v) is 11.6. The summed E-state index contributed by atoms with van der Waals surface area (Å²) in [5.74, 6) is 0.583. The Labute approximate surface area is 206 Å². The van der Waals surface area contributed by atoms with E-state index in [1.165, 1.54) is 0 Å². The van der Waals surface area contributed by atoms with E-state index in [1.807, 2.05) is 6.07 Å².